The molecule has 0 fully saturated rings. The van der Waals surface area contributed by atoms with Crippen molar-refractivity contribution in [1.82, 2.24) is 5.32 Å². The van der Waals surface area contributed by atoms with Crippen LogP contribution in [0.25, 0.3) is 0 Å². The van der Waals surface area contributed by atoms with Crippen LogP contribution in [-0.2, 0) is 19.4 Å². The summed E-state index contributed by atoms with van der Waals surface area (Å²) in [6, 6.07) is 17.6. The molecule has 2 aromatic carbocycles. The smallest absolute Gasteiger partial charge is 0.122 e. The average molecular weight is 304 g/mol. The van der Waals surface area contributed by atoms with Crippen LogP contribution in [0.15, 0.2) is 48.5 Å². The van der Waals surface area contributed by atoms with Gasteiger partial charge in [-0.25, -0.2) is 0 Å². The minimum Gasteiger partial charge on any atom is -0.496 e. The summed E-state index contributed by atoms with van der Waals surface area (Å²) in [7, 11) is 1.76. The van der Waals surface area contributed by atoms with Crippen LogP contribution in [0.2, 0.25) is 0 Å². The number of hydrogen-bond donors (Lipinski definition) is 1. The van der Waals surface area contributed by atoms with Gasteiger partial charge in [0, 0.05) is 12.6 Å². The Balaban J connectivity index is 0.00000161. The Bertz CT molecular complexity index is 571. The summed E-state index contributed by atoms with van der Waals surface area (Å²) >= 11 is 0. The molecule has 1 unspecified atom stereocenters. The maximum Gasteiger partial charge on any atom is 0.122 e. The van der Waals surface area contributed by atoms with Crippen molar-refractivity contribution in [3.8, 4) is 5.75 Å². The molecule has 2 aromatic rings. The van der Waals surface area contributed by atoms with Crippen LogP contribution in [0.1, 0.15) is 23.1 Å². The third kappa shape index (κ3) is 3.78. The number of fused-ring (bicyclic) bond motifs is 1. The summed E-state index contributed by atoms with van der Waals surface area (Å²) in [5, 5.41) is 3.68. The molecule has 2 nitrogen and oxygen atoms in total. The van der Waals surface area contributed by atoms with Crippen molar-refractivity contribution in [1.29, 1.82) is 0 Å². The van der Waals surface area contributed by atoms with E-state index >= 15 is 0 Å². The highest BCUT2D eigenvalue weighted by Gasteiger charge is 2.20. The van der Waals surface area contributed by atoms with Gasteiger partial charge in [0.25, 0.3) is 0 Å². The van der Waals surface area contributed by atoms with Crippen molar-refractivity contribution in [3.63, 3.8) is 0 Å². The van der Waals surface area contributed by atoms with Gasteiger partial charge in [-0.2, -0.15) is 0 Å². The second-order valence-corrected chi connectivity index (χ2v) is 5.40. The zero-order valence-corrected chi connectivity index (χ0v) is 13.2. The minimum atomic E-state index is 0. The summed E-state index contributed by atoms with van der Waals surface area (Å²) in [6.45, 7) is 0.949. The molecule has 0 saturated carbocycles. The maximum atomic E-state index is 5.46. The first-order valence-corrected chi connectivity index (χ1v) is 7.29. The summed E-state index contributed by atoms with van der Waals surface area (Å²) < 4.78 is 5.46. The van der Waals surface area contributed by atoms with Crippen molar-refractivity contribution in [2.45, 2.75) is 31.8 Å². The number of rotatable bonds is 4. The number of halogens is 1. The topological polar surface area (TPSA) is 21.3 Å². The van der Waals surface area contributed by atoms with Crippen LogP contribution < -0.4 is 10.1 Å². The van der Waals surface area contributed by atoms with Crippen molar-refractivity contribution in [2.75, 3.05) is 7.11 Å². The summed E-state index contributed by atoms with van der Waals surface area (Å²) in [5.74, 6) is 1.05. The highest BCUT2D eigenvalue weighted by molar-refractivity contribution is 5.85. The van der Waals surface area contributed by atoms with E-state index in [-0.39, 0.29) is 12.4 Å². The Labute approximate surface area is 132 Å². The molecule has 3 rings (SSSR count). The molecule has 1 N–H and O–H groups in total. The number of ether oxygens (including phenoxy) is 1. The first-order chi connectivity index (χ1) is 9.86. The van der Waals surface area contributed by atoms with E-state index in [1.54, 1.807) is 7.11 Å². The van der Waals surface area contributed by atoms with Gasteiger partial charge >= 0.3 is 0 Å². The Morgan fingerprint density at radius 2 is 1.90 bits per heavy atom. The van der Waals surface area contributed by atoms with E-state index in [1.165, 1.54) is 23.1 Å². The van der Waals surface area contributed by atoms with Gasteiger partial charge in [-0.3, -0.25) is 0 Å². The van der Waals surface area contributed by atoms with E-state index in [1.807, 2.05) is 0 Å². The van der Waals surface area contributed by atoms with Gasteiger partial charge in [0.15, 0.2) is 0 Å². The Morgan fingerprint density at radius 3 is 2.67 bits per heavy atom. The lowest BCUT2D eigenvalue weighted by molar-refractivity contribution is 0.397. The lowest BCUT2D eigenvalue weighted by atomic mass is 9.87. The molecule has 1 aliphatic rings. The predicted molar refractivity (Wildman–Crippen MR) is 89.3 cm³/mol. The molecule has 0 heterocycles. The number of hydrogen-bond acceptors (Lipinski definition) is 2. The molecule has 0 spiro atoms. The van der Waals surface area contributed by atoms with Gasteiger partial charge in [-0.15, -0.1) is 12.4 Å². The standard InChI is InChI=1S/C18H21NO.ClH/c1-20-18-9-5-8-15-12-16(10-11-17(15)18)19-13-14-6-3-2-4-7-14;/h2-9,16,19H,10-13H2,1H3;1H. The molecular weight excluding hydrogens is 282 g/mol. The van der Waals surface area contributed by atoms with Crippen LogP contribution in [0.3, 0.4) is 0 Å². The van der Waals surface area contributed by atoms with Gasteiger partial charge in [0.2, 0.25) is 0 Å². The molecule has 0 bridgehead atoms. The molecule has 1 atom stereocenters. The first kappa shape index (κ1) is 15.9. The number of benzene rings is 2. The summed E-state index contributed by atoms with van der Waals surface area (Å²) in [4.78, 5) is 0. The molecule has 0 aromatic heterocycles. The molecule has 0 aliphatic heterocycles. The van der Waals surface area contributed by atoms with Gasteiger partial charge in [0.1, 0.15) is 5.75 Å². The van der Waals surface area contributed by atoms with Crippen LogP contribution in [0, 0.1) is 0 Å². The number of nitrogens with one attached hydrogen (secondary N) is 1. The zero-order valence-electron chi connectivity index (χ0n) is 12.3. The van der Waals surface area contributed by atoms with Crippen molar-refractivity contribution in [3.05, 3.63) is 65.2 Å². The molecular formula is C18H22ClNO. The largest absolute Gasteiger partial charge is 0.496 e. The molecule has 1 aliphatic carbocycles. The van der Waals surface area contributed by atoms with E-state index in [2.05, 4.69) is 53.8 Å². The Morgan fingerprint density at radius 1 is 1.10 bits per heavy atom. The Kier molecular flexibility index (Phi) is 5.66. The highest BCUT2D eigenvalue weighted by atomic mass is 35.5. The molecule has 0 radical (unpaired) electrons. The van der Waals surface area contributed by atoms with Gasteiger partial charge < -0.3 is 10.1 Å². The Hall–Kier alpha value is -1.51. The highest BCUT2D eigenvalue weighted by Crippen LogP contribution is 2.29. The third-order valence-electron chi connectivity index (χ3n) is 4.10. The second-order valence-electron chi connectivity index (χ2n) is 5.40. The van der Waals surface area contributed by atoms with Crippen LogP contribution in [0.5, 0.6) is 5.75 Å². The molecule has 3 heteroatoms. The second kappa shape index (κ2) is 7.48. The average Bonchev–Trinajstić information content (AvgIpc) is 2.53. The van der Waals surface area contributed by atoms with Crippen molar-refractivity contribution >= 4 is 12.4 Å². The van der Waals surface area contributed by atoms with Crippen LogP contribution >= 0.6 is 12.4 Å². The van der Waals surface area contributed by atoms with Gasteiger partial charge in [-0.05, 0) is 42.0 Å². The third-order valence-corrected chi connectivity index (χ3v) is 4.10. The van der Waals surface area contributed by atoms with E-state index in [0.717, 1.165) is 25.1 Å². The van der Waals surface area contributed by atoms with Crippen LogP contribution in [0.4, 0.5) is 0 Å². The fourth-order valence-corrected chi connectivity index (χ4v) is 3.00. The van der Waals surface area contributed by atoms with Crippen molar-refractivity contribution < 1.29 is 4.74 Å². The van der Waals surface area contributed by atoms with Gasteiger partial charge in [0.05, 0.1) is 7.11 Å². The maximum absolute atomic E-state index is 5.46. The number of methoxy groups -OCH3 is 1. The predicted octanol–water partition coefficient (Wildman–Crippen LogP) is 3.76. The van der Waals surface area contributed by atoms with E-state index in [9.17, 15) is 0 Å². The molecule has 21 heavy (non-hydrogen) atoms. The SMILES string of the molecule is COc1cccc2c1CCC(NCc1ccccc1)C2.Cl. The molecule has 0 saturated heterocycles. The monoisotopic (exact) mass is 303 g/mol. The van der Waals surface area contributed by atoms with Crippen LogP contribution in [-0.4, -0.2) is 13.2 Å². The lowest BCUT2D eigenvalue weighted by Crippen LogP contribution is -2.34. The zero-order chi connectivity index (χ0) is 13.8. The minimum absolute atomic E-state index is 0. The van der Waals surface area contributed by atoms with E-state index in [0.29, 0.717) is 6.04 Å². The molecule has 0 amide bonds. The van der Waals surface area contributed by atoms with E-state index < -0.39 is 0 Å². The summed E-state index contributed by atoms with van der Waals surface area (Å²) in [6.07, 6.45) is 3.38. The summed E-state index contributed by atoms with van der Waals surface area (Å²) in [5.41, 5.74) is 4.18. The lowest BCUT2D eigenvalue weighted by Gasteiger charge is -2.27. The fraction of sp³-hybridized carbons (Fsp3) is 0.333. The van der Waals surface area contributed by atoms with Gasteiger partial charge in [-0.1, -0.05) is 42.5 Å². The fourth-order valence-electron chi connectivity index (χ4n) is 3.00. The quantitative estimate of drug-likeness (QED) is 0.928. The molecule has 112 valence electrons. The first-order valence-electron chi connectivity index (χ1n) is 7.29. The normalized spacial score (nSPS) is 16.7. The van der Waals surface area contributed by atoms with E-state index in [4.69, 9.17) is 4.74 Å². The van der Waals surface area contributed by atoms with Crippen molar-refractivity contribution in [2.24, 2.45) is 0 Å².